The summed E-state index contributed by atoms with van der Waals surface area (Å²) >= 11 is 0. The minimum atomic E-state index is -1.14. The molecule has 0 fully saturated rings. The third-order valence-electron chi connectivity index (χ3n) is 2.58. The highest BCUT2D eigenvalue weighted by molar-refractivity contribution is 5.97. The SMILES string of the molecule is C[C@H](NC(=O)[C@H](C)NC(=O)c1cc[n+](C)nc1)C(=O)O. The second kappa shape index (κ2) is 6.60. The van der Waals surface area contributed by atoms with Crippen LogP contribution in [0.5, 0.6) is 0 Å². The highest BCUT2D eigenvalue weighted by atomic mass is 16.4. The number of amides is 2. The van der Waals surface area contributed by atoms with Crippen LogP contribution in [0, 0.1) is 0 Å². The van der Waals surface area contributed by atoms with E-state index in [1.54, 1.807) is 19.3 Å². The Kier molecular flexibility index (Phi) is 5.13. The van der Waals surface area contributed by atoms with Gasteiger partial charge in [0.2, 0.25) is 5.91 Å². The summed E-state index contributed by atoms with van der Waals surface area (Å²) in [7, 11) is 1.71. The molecule has 8 nitrogen and oxygen atoms in total. The molecule has 0 unspecified atom stereocenters. The van der Waals surface area contributed by atoms with Crippen LogP contribution in [-0.2, 0) is 16.6 Å². The van der Waals surface area contributed by atoms with E-state index < -0.39 is 29.9 Å². The third-order valence-corrected chi connectivity index (χ3v) is 2.58. The Morgan fingerprint density at radius 2 is 1.90 bits per heavy atom. The van der Waals surface area contributed by atoms with Crippen molar-refractivity contribution in [1.29, 1.82) is 0 Å². The topological polar surface area (TPSA) is 112 Å². The maximum Gasteiger partial charge on any atom is 0.325 e. The normalized spacial score (nSPS) is 13.2. The van der Waals surface area contributed by atoms with Crippen molar-refractivity contribution >= 4 is 17.8 Å². The molecule has 0 saturated carbocycles. The lowest BCUT2D eigenvalue weighted by Crippen LogP contribution is -2.49. The minimum absolute atomic E-state index is 0.314. The predicted molar refractivity (Wildman–Crippen MR) is 67.6 cm³/mol. The number of nitrogens with zero attached hydrogens (tertiary/aromatic N) is 2. The zero-order valence-electron chi connectivity index (χ0n) is 11.5. The van der Waals surface area contributed by atoms with E-state index in [1.165, 1.54) is 24.7 Å². The number of rotatable bonds is 5. The summed E-state index contributed by atoms with van der Waals surface area (Å²) < 4.78 is 1.53. The summed E-state index contributed by atoms with van der Waals surface area (Å²) in [4.78, 5) is 34.1. The van der Waals surface area contributed by atoms with Crippen LogP contribution in [0.1, 0.15) is 24.2 Å². The number of carbonyl (C=O) groups excluding carboxylic acids is 2. The van der Waals surface area contributed by atoms with E-state index in [0.29, 0.717) is 5.56 Å². The van der Waals surface area contributed by atoms with Gasteiger partial charge in [0.25, 0.3) is 5.91 Å². The predicted octanol–water partition coefficient (Wildman–Crippen LogP) is -1.39. The van der Waals surface area contributed by atoms with Gasteiger partial charge in [0, 0.05) is 6.07 Å². The number of nitrogens with one attached hydrogen (secondary N) is 2. The lowest BCUT2D eigenvalue weighted by atomic mass is 10.2. The van der Waals surface area contributed by atoms with Crippen molar-refractivity contribution in [2.75, 3.05) is 0 Å². The van der Waals surface area contributed by atoms with Crippen molar-refractivity contribution in [3.63, 3.8) is 0 Å². The smallest absolute Gasteiger partial charge is 0.325 e. The van der Waals surface area contributed by atoms with Gasteiger partial charge in [-0.05, 0) is 18.9 Å². The fourth-order valence-corrected chi connectivity index (χ4v) is 1.30. The highest BCUT2D eigenvalue weighted by Crippen LogP contribution is 1.95. The fraction of sp³-hybridized carbons (Fsp3) is 0.417. The second-order valence-corrected chi connectivity index (χ2v) is 4.35. The zero-order chi connectivity index (χ0) is 15.3. The molecule has 3 N–H and O–H groups in total. The zero-order valence-corrected chi connectivity index (χ0v) is 11.5. The standard InChI is InChI=1S/C12H16N4O4/c1-7(10(17)15-8(2)12(19)20)14-11(18)9-4-5-16(3)13-6-9/h4-8H,1-3H3,(H2-,14,15,17,18,19,20)/p+1/t7-,8-/m0/s1. The Hall–Kier alpha value is -2.51. The number of aryl methyl sites for hydroxylation is 1. The maximum atomic E-state index is 11.8. The first kappa shape index (κ1) is 15.5. The number of hydrogen-bond acceptors (Lipinski definition) is 4. The molecule has 0 spiro atoms. The fourth-order valence-electron chi connectivity index (χ4n) is 1.30. The largest absolute Gasteiger partial charge is 0.480 e. The van der Waals surface area contributed by atoms with E-state index in [1.807, 2.05) is 0 Å². The van der Waals surface area contributed by atoms with Crippen LogP contribution in [0.15, 0.2) is 18.5 Å². The number of carboxylic acids is 1. The number of hydrogen-bond donors (Lipinski definition) is 3. The lowest BCUT2D eigenvalue weighted by Gasteiger charge is -2.15. The van der Waals surface area contributed by atoms with Gasteiger partial charge in [-0.2, -0.15) is 0 Å². The van der Waals surface area contributed by atoms with E-state index in [4.69, 9.17) is 5.11 Å². The van der Waals surface area contributed by atoms with Crippen molar-refractivity contribution in [2.45, 2.75) is 25.9 Å². The average Bonchev–Trinajstić information content (AvgIpc) is 2.38. The molecule has 1 aromatic heterocycles. The van der Waals surface area contributed by atoms with Crippen LogP contribution in [0.3, 0.4) is 0 Å². The molecule has 0 aliphatic carbocycles. The molecular weight excluding hydrogens is 264 g/mol. The highest BCUT2D eigenvalue weighted by Gasteiger charge is 2.21. The van der Waals surface area contributed by atoms with Gasteiger partial charge >= 0.3 is 5.97 Å². The van der Waals surface area contributed by atoms with Crippen LogP contribution < -0.4 is 15.3 Å². The summed E-state index contributed by atoms with van der Waals surface area (Å²) in [5.74, 6) is -2.16. The van der Waals surface area contributed by atoms with Crippen molar-refractivity contribution in [2.24, 2.45) is 7.05 Å². The van der Waals surface area contributed by atoms with Crippen molar-refractivity contribution < 1.29 is 24.2 Å². The Bertz CT molecular complexity index is 515. The molecule has 8 heteroatoms. The molecule has 0 bridgehead atoms. The van der Waals surface area contributed by atoms with Gasteiger partial charge in [0.15, 0.2) is 13.2 Å². The molecule has 20 heavy (non-hydrogen) atoms. The summed E-state index contributed by atoms with van der Waals surface area (Å²) in [5.41, 5.74) is 0.314. The van der Waals surface area contributed by atoms with Crippen LogP contribution in [-0.4, -0.2) is 40.1 Å². The monoisotopic (exact) mass is 281 g/mol. The molecule has 1 aromatic rings. The van der Waals surface area contributed by atoms with Gasteiger partial charge in [-0.3, -0.25) is 14.4 Å². The molecular formula is C12H17N4O4+. The van der Waals surface area contributed by atoms with E-state index in [9.17, 15) is 14.4 Å². The summed E-state index contributed by atoms with van der Waals surface area (Å²) in [6, 6.07) is -0.301. The Balaban J connectivity index is 2.59. The van der Waals surface area contributed by atoms with Crippen LogP contribution in [0.2, 0.25) is 0 Å². The Morgan fingerprint density at radius 1 is 1.25 bits per heavy atom. The van der Waals surface area contributed by atoms with Crippen LogP contribution in [0.25, 0.3) is 0 Å². The van der Waals surface area contributed by atoms with E-state index in [2.05, 4.69) is 15.7 Å². The van der Waals surface area contributed by atoms with Crippen molar-refractivity contribution in [1.82, 2.24) is 15.7 Å². The van der Waals surface area contributed by atoms with Gasteiger partial charge < -0.3 is 15.7 Å². The van der Waals surface area contributed by atoms with E-state index in [-0.39, 0.29) is 0 Å². The van der Waals surface area contributed by atoms with E-state index in [0.717, 1.165) is 0 Å². The Labute approximate surface area is 115 Å². The third kappa shape index (κ3) is 4.30. The Morgan fingerprint density at radius 3 is 2.40 bits per heavy atom. The van der Waals surface area contributed by atoms with Crippen LogP contribution >= 0.6 is 0 Å². The average molecular weight is 281 g/mol. The molecule has 1 heterocycles. The number of carbonyl (C=O) groups is 3. The number of aromatic nitrogens is 2. The molecule has 0 saturated heterocycles. The molecule has 2 amide bonds. The van der Waals surface area contributed by atoms with Crippen molar-refractivity contribution in [3.05, 3.63) is 24.0 Å². The van der Waals surface area contributed by atoms with Gasteiger partial charge in [-0.1, -0.05) is 4.68 Å². The van der Waals surface area contributed by atoms with Gasteiger partial charge in [-0.25, -0.2) is 0 Å². The molecule has 0 aromatic carbocycles. The first-order chi connectivity index (χ1) is 9.31. The summed E-state index contributed by atoms with van der Waals surface area (Å²) in [5, 5.41) is 17.3. The van der Waals surface area contributed by atoms with E-state index >= 15 is 0 Å². The number of carboxylic acid groups (broad SMARTS) is 1. The number of aliphatic carboxylic acids is 1. The quantitative estimate of drug-likeness (QED) is 0.575. The van der Waals surface area contributed by atoms with Gasteiger partial charge in [-0.15, -0.1) is 0 Å². The van der Waals surface area contributed by atoms with Crippen molar-refractivity contribution in [3.8, 4) is 0 Å². The minimum Gasteiger partial charge on any atom is -0.480 e. The second-order valence-electron chi connectivity index (χ2n) is 4.35. The van der Waals surface area contributed by atoms with Gasteiger partial charge in [0.05, 0.1) is 5.56 Å². The van der Waals surface area contributed by atoms with Crippen LogP contribution in [0.4, 0.5) is 0 Å². The first-order valence-electron chi connectivity index (χ1n) is 5.97. The first-order valence-corrected chi connectivity index (χ1v) is 5.97. The molecule has 0 radical (unpaired) electrons. The molecule has 2 atom stereocenters. The van der Waals surface area contributed by atoms with Gasteiger partial charge in [0.1, 0.15) is 18.3 Å². The molecule has 0 aliphatic rings. The molecule has 108 valence electrons. The lowest BCUT2D eigenvalue weighted by molar-refractivity contribution is -0.730. The summed E-state index contributed by atoms with van der Waals surface area (Å²) in [6.45, 7) is 2.81. The molecule has 0 aliphatic heterocycles. The molecule has 1 rings (SSSR count). The maximum absolute atomic E-state index is 11.8. The summed E-state index contributed by atoms with van der Waals surface area (Å²) in [6.07, 6.45) is 2.98.